The molecule has 2 aromatic rings. The summed E-state index contributed by atoms with van der Waals surface area (Å²) >= 11 is 0. The van der Waals surface area contributed by atoms with Crippen molar-refractivity contribution in [3.05, 3.63) is 58.9 Å². The molecule has 1 fully saturated rings. The van der Waals surface area contributed by atoms with Crippen molar-refractivity contribution in [2.75, 3.05) is 6.61 Å². The molecule has 206 valence electrons. The highest BCUT2D eigenvalue weighted by Gasteiger charge is 2.24. The highest BCUT2D eigenvalue weighted by molar-refractivity contribution is 5.91. The number of unbranched alkanes of at least 4 members (excludes halogenated alkanes) is 7. The first-order valence-corrected chi connectivity index (χ1v) is 13.9. The summed E-state index contributed by atoms with van der Waals surface area (Å²) in [5.41, 5.74) is -1.12. The van der Waals surface area contributed by atoms with Crippen molar-refractivity contribution in [3.8, 4) is 17.6 Å². The lowest BCUT2D eigenvalue weighted by atomic mass is 9.80. The summed E-state index contributed by atoms with van der Waals surface area (Å²) in [6.45, 7) is 2.61. The summed E-state index contributed by atoms with van der Waals surface area (Å²) in [5.74, 6) is -3.58. The van der Waals surface area contributed by atoms with Gasteiger partial charge in [-0.1, -0.05) is 77.6 Å². The zero-order valence-electron chi connectivity index (χ0n) is 22.2. The molecule has 0 aromatic heterocycles. The molecular weight excluding hydrogens is 491 g/mol. The number of carbonyl (C=O) groups is 1. The van der Waals surface area contributed by atoms with Gasteiger partial charge in [-0.05, 0) is 36.8 Å². The van der Waals surface area contributed by atoms with Crippen molar-refractivity contribution in [2.45, 2.75) is 90.4 Å². The minimum atomic E-state index is -1.30. The van der Waals surface area contributed by atoms with Crippen LogP contribution in [0, 0.1) is 40.6 Å². The van der Waals surface area contributed by atoms with Gasteiger partial charge in [0.05, 0.1) is 12.2 Å². The van der Waals surface area contributed by atoms with E-state index in [1.54, 1.807) is 6.07 Å². The fraction of sp³-hybridized carbons (Fsp3) is 0.548. The van der Waals surface area contributed by atoms with Crippen molar-refractivity contribution >= 4 is 5.97 Å². The summed E-state index contributed by atoms with van der Waals surface area (Å²) < 4.78 is 53.5. The van der Waals surface area contributed by atoms with Gasteiger partial charge in [0, 0.05) is 18.2 Å². The van der Waals surface area contributed by atoms with E-state index in [1.165, 1.54) is 63.9 Å². The third-order valence-electron chi connectivity index (χ3n) is 7.41. The van der Waals surface area contributed by atoms with Crippen LogP contribution in [0.3, 0.4) is 0 Å². The van der Waals surface area contributed by atoms with Gasteiger partial charge in [0.1, 0.15) is 40.6 Å². The Morgan fingerprint density at radius 2 is 1.42 bits per heavy atom. The van der Waals surface area contributed by atoms with Crippen LogP contribution in [-0.4, -0.2) is 12.6 Å². The first-order valence-electron chi connectivity index (χ1n) is 13.9. The molecule has 3 rings (SSSR count). The molecule has 0 unspecified atom stereocenters. The van der Waals surface area contributed by atoms with Gasteiger partial charge >= 0.3 is 5.97 Å². The van der Waals surface area contributed by atoms with Crippen LogP contribution < -0.4 is 9.47 Å². The van der Waals surface area contributed by atoms with Gasteiger partial charge in [0.2, 0.25) is 0 Å². The van der Waals surface area contributed by atoms with Crippen LogP contribution in [0.15, 0.2) is 30.3 Å². The zero-order chi connectivity index (χ0) is 27.3. The predicted octanol–water partition coefficient (Wildman–Crippen LogP) is 8.91. The van der Waals surface area contributed by atoms with Gasteiger partial charge in [0.15, 0.2) is 0 Å². The van der Waals surface area contributed by atoms with Crippen LogP contribution >= 0.6 is 0 Å². The third kappa shape index (κ3) is 9.08. The molecular formula is C31H38F3NO3. The Morgan fingerprint density at radius 3 is 2.03 bits per heavy atom. The average molecular weight is 530 g/mol. The number of benzene rings is 2. The van der Waals surface area contributed by atoms with Crippen LogP contribution in [0.2, 0.25) is 0 Å². The molecule has 38 heavy (non-hydrogen) atoms. The molecule has 0 radical (unpaired) electrons. The van der Waals surface area contributed by atoms with E-state index in [0.717, 1.165) is 55.9 Å². The van der Waals surface area contributed by atoms with E-state index in [2.05, 4.69) is 6.92 Å². The van der Waals surface area contributed by atoms with Crippen molar-refractivity contribution < 1.29 is 27.4 Å². The Morgan fingerprint density at radius 1 is 0.842 bits per heavy atom. The first kappa shape index (κ1) is 29.5. The smallest absolute Gasteiger partial charge is 0.349 e. The Bertz CT molecular complexity index is 1070. The number of nitrogens with zero attached hydrogens (tertiary/aromatic N) is 1. The number of hydrogen-bond donors (Lipinski definition) is 0. The number of esters is 1. The molecule has 2 aromatic carbocycles. The van der Waals surface area contributed by atoms with Gasteiger partial charge in [-0.2, -0.15) is 5.26 Å². The second kappa shape index (κ2) is 15.4. The van der Waals surface area contributed by atoms with Crippen molar-refractivity contribution in [1.82, 2.24) is 0 Å². The lowest BCUT2D eigenvalue weighted by molar-refractivity contribution is 0.0724. The number of nitriles is 1. The molecule has 1 aliphatic rings. The van der Waals surface area contributed by atoms with E-state index in [1.807, 2.05) is 0 Å². The lowest BCUT2D eigenvalue weighted by Crippen LogP contribution is -2.20. The number of rotatable bonds is 14. The predicted molar refractivity (Wildman–Crippen MR) is 141 cm³/mol. The lowest BCUT2D eigenvalue weighted by Gasteiger charge is -2.28. The van der Waals surface area contributed by atoms with E-state index < -0.39 is 29.0 Å². The largest absolute Gasteiger partial charge is 0.493 e. The van der Waals surface area contributed by atoms with E-state index in [0.29, 0.717) is 12.5 Å². The highest BCUT2D eigenvalue weighted by Crippen LogP contribution is 2.33. The fourth-order valence-electron chi connectivity index (χ4n) is 5.10. The molecule has 0 saturated heterocycles. The molecule has 1 saturated carbocycles. The standard InChI is InChI=1S/C31H38F3NO3/c1-2-3-4-5-6-7-8-9-10-22-11-13-23(14-12-22)21-37-26-18-28(33)30(29(34)19-26)31(36)38-25-16-15-24(20-35)27(32)17-25/h15-19,22-23H,2-14,21H2,1H3/t22-,23-. The highest BCUT2D eigenvalue weighted by atomic mass is 19.1. The third-order valence-corrected chi connectivity index (χ3v) is 7.41. The van der Waals surface area contributed by atoms with E-state index >= 15 is 0 Å². The quantitative estimate of drug-likeness (QED) is 0.139. The molecule has 0 amide bonds. The summed E-state index contributed by atoms with van der Waals surface area (Å²) in [4.78, 5) is 12.3. The SMILES string of the molecule is CCCCCCCCCC[C@H]1CC[C@H](COc2cc(F)c(C(=O)Oc3ccc(C#N)c(F)c3)c(F)c2)CC1. The number of halogens is 3. The summed E-state index contributed by atoms with van der Waals surface area (Å²) in [5, 5.41) is 8.77. The average Bonchev–Trinajstić information content (AvgIpc) is 2.89. The van der Waals surface area contributed by atoms with Crippen LogP contribution in [0.25, 0.3) is 0 Å². The molecule has 4 nitrogen and oxygen atoms in total. The minimum absolute atomic E-state index is 0.0158. The van der Waals surface area contributed by atoms with E-state index in [4.69, 9.17) is 14.7 Å². The molecule has 1 aliphatic carbocycles. The van der Waals surface area contributed by atoms with Gasteiger partial charge in [-0.3, -0.25) is 0 Å². The van der Waals surface area contributed by atoms with E-state index in [-0.39, 0.29) is 17.1 Å². The Kier molecular flexibility index (Phi) is 12.0. The molecule has 0 bridgehead atoms. The monoisotopic (exact) mass is 529 g/mol. The first-order chi connectivity index (χ1) is 18.4. The van der Waals surface area contributed by atoms with E-state index in [9.17, 15) is 18.0 Å². The summed E-state index contributed by atoms with van der Waals surface area (Å²) in [6.07, 6.45) is 16.4. The summed E-state index contributed by atoms with van der Waals surface area (Å²) in [6, 6.07) is 6.68. The topological polar surface area (TPSA) is 59.3 Å². The van der Waals surface area contributed by atoms with Gasteiger partial charge in [-0.25, -0.2) is 18.0 Å². The normalized spacial score (nSPS) is 17.1. The number of hydrogen-bond acceptors (Lipinski definition) is 4. The van der Waals surface area contributed by atoms with Gasteiger partial charge < -0.3 is 9.47 Å². The molecule has 0 atom stereocenters. The van der Waals surface area contributed by atoms with Crippen molar-refractivity contribution in [1.29, 1.82) is 5.26 Å². The number of ether oxygens (including phenoxy) is 2. The van der Waals surface area contributed by atoms with Crippen molar-refractivity contribution in [3.63, 3.8) is 0 Å². The molecule has 0 heterocycles. The van der Waals surface area contributed by atoms with Gasteiger partial charge in [0.25, 0.3) is 0 Å². The minimum Gasteiger partial charge on any atom is -0.493 e. The molecule has 0 spiro atoms. The Hall–Kier alpha value is -3.01. The molecule has 0 aliphatic heterocycles. The number of carbonyl (C=O) groups excluding carboxylic acids is 1. The second-order valence-electron chi connectivity index (χ2n) is 10.4. The maximum absolute atomic E-state index is 14.6. The van der Waals surface area contributed by atoms with Crippen LogP contribution in [0.4, 0.5) is 13.2 Å². The maximum atomic E-state index is 14.6. The summed E-state index contributed by atoms with van der Waals surface area (Å²) in [7, 11) is 0. The van der Waals surface area contributed by atoms with Crippen LogP contribution in [0.5, 0.6) is 11.5 Å². The van der Waals surface area contributed by atoms with Crippen LogP contribution in [0.1, 0.15) is 106 Å². The fourth-order valence-corrected chi connectivity index (χ4v) is 5.10. The zero-order valence-corrected chi connectivity index (χ0v) is 22.2. The molecule has 7 heteroatoms. The van der Waals surface area contributed by atoms with Crippen LogP contribution in [-0.2, 0) is 0 Å². The van der Waals surface area contributed by atoms with Gasteiger partial charge in [-0.15, -0.1) is 0 Å². The maximum Gasteiger partial charge on any atom is 0.349 e. The van der Waals surface area contributed by atoms with Crippen molar-refractivity contribution in [2.24, 2.45) is 11.8 Å². The Labute approximate surface area is 224 Å². The molecule has 0 N–H and O–H groups in total. The second-order valence-corrected chi connectivity index (χ2v) is 10.4. The Balaban J connectivity index is 1.40.